The number of methoxy groups -OCH3 is 1. The number of hydrogen-bond acceptors (Lipinski definition) is 4. The Labute approximate surface area is 95.7 Å². The third kappa shape index (κ3) is 2.47. The van der Waals surface area contributed by atoms with Gasteiger partial charge in [-0.1, -0.05) is 0 Å². The van der Waals surface area contributed by atoms with Crippen LogP contribution in [-0.4, -0.2) is 24.2 Å². The first-order chi connectivity index (χ1) is 7.20. The van der Waals surface area contributed by atoms with E-state index in [0.717, 1.165) is 12.8 Å². The molecular formula is C10H10BrNO3. The Morgan fingerprint density at radius 1 is 1.60 bits per heavy atom. The molecule has 0 atom stereocenters. The fraction of sp³-hybridized carbons (Fsp3) is 0.400. The summed E-state index contributed by atoms with van der Waals surface area (Å²) in [6.07, 6.45) is 3.89. The Kier molecular flexibility index (Phi) is 2.90. The second-order valence-corrected chi connectivity index (χ2v) is 4.17. The first-order valence-electron chi connectivity index (χ1n) is 4.61. The summed E-state index contributed by atoms with van der Waals surface area (Å²) in [5.74, 6) is 0.131. The number of halogens is 1. The van der Waals surface area contributed by atoms with Gasteiger partial charge in [-0.3, -0.25) is 0 Å². The number of carbonyl (C=O) groups excluding carboxylic acids is 1. The van der Waals surface area contributed by atoms with Crippen LogP contribution in [0.1, 0.15) is 23.2 Å². The minimum atomic E-state index is -0.402. The van der Waals surface area contributed by atoms with Crippen molar-refractivity contribution in [3.05, 3.63) is 22.3 Å². The Bertz CT molecular complexity index is 390. The number of hydrogen-bond donors (Lipinski definition) is 0. The van der Waals surface area contributed by atoms with Crippen LogP contribution in [0.15, 0.2) is 16.7 Å². The van der Waals surface area contributed by atoms with Gasteiger partial charge in [0.1, 0.15) is 6.10 Å². The zero-order valence-electron chi connectivity index (χ0n) is 8.20. The third-order valence-electron chi connectivity index (χ3n) is 2.03. The molecule has 0 bridgehead atoms. The van der Waals surface area contributed by atoms with E-state index in [-0.39, 0.29) is 6.10 Å². The Hall–Kier alpha value is -1.10. The molecular weight excluding hydrogens is 262 g/mol. The fourth-order valence-electron chi connectivity index (χ4n) is 1.09. The van der Waals surface area contributed by atoms with Crippen LogP contribution in [0.5, 0.6) is 5.88 Å². The molecule has 0 aromatic carbocycles. The van der Waals surface area contributed by atoms with E-state index in [2.05, 4.69) is 25.7 Å². The average Bonchev–Trinajstić information content (AvgIpc) is 3.04. The first-order valence-corrected chi connectivity index (χ1v) is 5.40. The topological polar surface area (TPSA) is 48.4 Å². The molecule has 1 heterocycles. The van der Waals surface area contributed by atoms with Crippen LogP contribution >= 0.6 is 15.9 Å². The molecule has 1 fully saturated rings. The molecule has 1 aromatic heterocycles. The number of aromatic nitrogens is 1. The largest absolute Gasteiger partial charge is 0.474 e. The quantitative estimate of drug-likeness (QED) is 0.791. The van der Waals surface area contributed by atoms with Crippen molar-refractivity contribution in [3.8, 4) is 5.88 Å². The van der Waals surface area contributed by atoms with Crippen molar-refractivity contribution >= 4 is 21.9 Å². The van der Waals surface area contributed by atoms with Crippen molar-refractivity contribution in [2.45, 2.75) is 18.9 Å². The van der Waals surface area contributed by atoms with Crippen LogP contribution < -0.4 is 4.74 Å². The lowest BCUT2D eigenvalue weighted by Crippen LogP contribution is -2.04. The highest BCUT2D eigenvalue weighted by molar-refractivity contribution is 9.10. The standard InChI is InChI=1S/C10H10BrNO3/c1-14-10(13)6-4-8(11)9(12-5-6)15-7-2-3-7/h4-5,7H,2-3H2,1H3. The molecule has 0 amide bonds. The zero-order chi connectivity index (χ0) is 10.8. The van der Waals surface area contributed by atoms with E-state index in [1.54, 1.807) is 6.07 Å². The molecule has 80 valence electrons. The summed E-state index contributed by atoms with van der Waals surface area (Å²) in [4.78, 5) is 15.2. The van der Waals surface area contributed by atoms with Gasteiger partial charge in [0.05, 0.1) is 17.1 Å². The predicted molar refractivity (Wildman–Crippen MR) is 56.9 cm³/mol. The molecule has 0 unspecified atom stereocenters. The van der Waals surface area contributed by atoms with E-state index in [1.807, 2.05) is 0 Å². The summed E-state index contributed by atoms with van der Waals surface area (Å²) in [6.45, 7) is 0. The molecule has 1 aliphatic carbocycles. The average molecular weight is 272 g/mol. The molecule has 0 spiro atoms. The smallest absolute Gasteiger partial charge is 0.339 e. The van der Waals surface area contributed by atoms with Gasteiger partial charge in [0, 0.05) is 6.20 Å². The third-order valence-corrected chi connectivity index (χ3v) is 2.60. The van der Waals surface area contributed by atoms with Crippen LogP contribution in [-0.2, 0) is 4.74 Å². The Balaban J connectivity index is 2.17. The van der Waals surface area contributed by atoms with Gasteiger partial charge < -0.3 is 9.47 Å². The maximum atomic E-state index is 11.2. The molecule has 4 nitrogen and oxygen atoms in total. The molecule has 0 N–H and O–H groups in total. The normalized spacial score (nSPS) is 14.8. The van der Waals surface area contributed by atoms with Crippen molar-refractivity contribution in [2.24, 2.45) is 0 Å². The lowest BCUT2D eigenvalue weighted by Gasteiger charge is -2.06. The lowest BCUT2D eigenvalue weighted by molar-refractivity contribution is 0.0600. The van der Waals surface area contributed by atoms with Crippen LogP contribution in [0.4, 0.5) is 0 Å². The molecule has 1 aliphatic rings. The second-order valence-electron chi connectivity index (χ2n) is 3.32. The zero-order valence-corrected chi connectivity index (χ0v) is 9.78. The molecule has 0 radical (unpaired) electrons. The van der Waals surface area contributed by atoms with Crippen molar-refractivity contribution in [1.29, 1.82) is 0 Å². The second kappa shape index (κ2) is 4.18. The number of carbonyl (C=O) groups is 1. The summed E-state index contributed by atoms with van der Waals surface area (Å²) in [7, 11) is 1.34. The predicted octanol–water partition coefficient (Wildman–Crippen LogP) is 2.17. The van der Waals surface area contributed by atoms with Crippen LogP contribution in [0, 0.1) is 0 Å². The fourth-order valence-corrected chi connectivity index (χ4v) is 1.53. The van der Waals surface area contributed by atoms with Crippen LogP contribution in [0.3, 0.4) is 0 Å². The van der Waals surface area contributed by atoms with Crippen molar-refractivity contribution in [3.63, 3.8) is 0 Å². The SMILES string of the molecule is COC(=O)c1cnc(OC2CC2)c(Br)c1. The van der Waals surface area contributed by atoms with E-state index < -0.39 is 5.97 Å². The minimum Gasteiger partial charge on any atom is -0.474 e. The van der Waals surface area contributed by atoms with Gasteiger partial charge in [0.25, 0.3) is 0 Å². The molecule has 0 aliphatic heterocycles. The van der Waals surface area contributed by atoms with Crippen LogP contribution in [0.2, 0.25) is 0 Å². The number of ether oxygens (including phenoxy) is 2. The highest BCUT2D eigenvalue weighted by Gasteiger charge is 2.25. The van der Waals surface area contributed by atoms with E-state index >= 15 is 0 Å². The van der Waals surface area contributed by atoms with Crippen molar-refractivity contribution in [1.82, 2.24) is 4.98 Å². The highest BCUT2D eigenvalue weighted by atomic mass is 79.9. The van der Waals surface area contributed by atoms with E-state index in [9.17, 15) is 4.79 Å². The number of esters is 1. The van der Waals surface area contributed by atoms with Crippen molar-refractivity contribution in [2.75, 3.05) is 7.11 Å². The molecule has 2 rings (SSSR count). The van der Waals surface area contributed by atoms with Crippen LogP contribution in [0.25, 0.3) is 0 Å². The minimum absolute atomic E-state index is 0.290. The summed E-state index contributed by atoms with van der Waals surface area (Å²) in [5, 5.41) is 0. The maximum Gasteiger partial charge on any atom is 0.339 e. The van der Waals surface area contributed by atoms with Gasteiger partial charge in [-0.2, -0.15) is 0 Å². The summed E-state index contributed by atoms with van der Waals surface area (Å²) < 4.78 is 10.8. The number of pyridine rings is 1. The maximum absolute atomic E-state index is 11.2. The van der Waals surface area contributed by atoms with Crippen molar-refractivity contribution < 1.29 is 14.3 Å². The first kappa shape index (κ1) is 10.4. The van der Waals surface area contributed by atoms with Gasteiger partial charge in [0.2, 0.25) is 5.88 Å². The van der Waals surface area contributed by atoms with E-state index in [0.29, 0.717) is 15.9 Å². The lowest BCUT2D eigenvalue weighted by atomic mass is 10.3. The van der Waals surface area contributed by atoms with Gasteiger partial charge in [0.15, 0.2) is 0 Å². The Morgan fingerprint density at radius 2 is 2.33 bits per heavy atom. The summed E-state index contributed by atoms with van der Waals surface area (Å²) >= 11 is 3.31. The molecule has 15 heavy (non-hydrogen) atoms. The van der Waals surface area contributed by atoms with E-state index in [4.69, 9.17) is 4.74 Å². The van der Waals surface area contributed by atoms with E-state index in [1.165, 1.54) is 13.3 Å². The van der Waals surface area contributed by atoms with Gasteiger partial charge in [-0.05, 0) is 34.8 Å². The monoisotopic (exact) mass is 271 g/mol. The summed E-state index contributed by atoms with van der Waals surface area (Å²) in [6, 6.07) is 1.65. The van der Waals surface area contributed by atoms with Gasteiger partial charge in [-0.25, -0.2) is 9.78 Å². The molecule has 0 saturated heterocycles. The molecule has 1 saturated carbocycles. The highest BCUT2D eigenvalue weighted by Crippen LogP contribution is 2.30. The summed E-state index contributed by atoms with van der Waals surface area (Å²) in [5.41, 5.74) is 0.410. The number of rotatable bonds is 3. The molecule has 5 heteroatoms. The van der Waals surface area contributed by atoms with Gasteiger partial charge >= 0.3 is 5.97 Å². The van der Waals surface area contributed by atoms with Gasteiger partial charge in [-0.15, -0.1) is 0 Å². The Morgan fingerprint density at radius 3 is 2.87 bits per heavy atom. The molecule has 1 aromatic rings. The number of nitrogens with zero attached hydrogens (tertiary/aromatic N) is 1.